The van der Waals surface area contributed by atoms with E-state index in [1.807, 2.05) is 0 Å². The minimum Gasteiger partial charge on any atom is -0.496 e. The third kappa shape index (κ3) is 3.12. The normalized spacial score (nSPS) is 15.6. The second kappa shape index (κ2) is 5.44. The first-order chi connectivity index (χ1) is 9.07. The Kier molecular flexibility index (Phi) is 4.49. The first-order valence-corrected chi connectivity index (χ1v) is 5.96. The summed E-state index contributed by atoms with van der Waals surface area (Å²) < 4.78 is 43.6. The van der Waals surface area contributed by atoms with Crippen LogP contribution in [0, 0.1) is 0 Å². The molecule has 0 saturated heterocycles. The lowest BCUT2D eigenvalue weighted by atomic mass is 9.75. The first kappa shape index (κ1) is 16.5. The number of methoxy groups -OCH3 is 1. The van der Waals surface area contributed by atoms with Gasteiger partial charge in [0.2, 0.25) is 5.60 Å². The van der Waals surface area contributed by atoms with Gasteiger partial charge in [-0.05, 0) is 17.0 Å². The predicted molar refractivity (Wildman–Crippen MR) is 67.7 cm³/mol. The van der Waals surface area contributed by atoms with Crippen molar-refractivity contribution in [2.24, 2.45) is 0 Å². The van der Waals surface area contributed by atoms with Crippen molar-refractivity contribution in [1.82, 2.24) is 0 Å². The van der Waals surface area contributed by atoms with Crippen molar-refractivity contribution in [2.45, 2.75) is 37.5 Å². The molecule has 1 rings (SSSR count). The fourth-order valence-electron chi connectivity index (χ4n) is 2.18. The van der Waals surface area contributed by atoms with Crippen molar-refractivity contribution in [3.05, 3.63) is 29.8 Å². The molecule has 1 aromatic carbocycles. The molecule has 0 saturated carbocycles. The first-order valence-electron chi connectivity index (χ1n) is 5.96. The maximum atomic E-state index is 12.8. The van der Waals surface area contributed by atoms with Gasteiger partial charge in [0.1, 0.15) is 5.75 Å². The summed E-state index contributed by atoms with van der Waals surface area (Å²) in [7, 11) is 1.41. The Bertz CT molecular complexity index is 483. The molecule has 112 valence electrons. The Morgan fingerprint density at radius 3 is 2.25 bits per heavy atom. The molecule has 0 heterocycles. The van der Waals surface area contributed by atoms with Crippen molar-refractivity contribution in [3.8, 4) is 5.75 Å². The molecule has 0 amide bonds. The number of alkyl halides is 3. The van der Waals surface area contributed by atoms with Crippen molar-refractivity contribution >= 4 is 6.29 Å². The summed E-state index contributed by atoms with van der Waals surface area (Å²) in [5.74, 6) is 0.410. The number of aliphatic hydroxyl groups is 1. The summed E-state index contributed by atoms with van der Waals surface area (Å²) >= 11 is 0. The van der Waals surface area contributed by atoms with Gasteiger partial charge in [0, 0.05) is 6.42 Å². The van der Waals surface area contributed by atoms with Gasteiger partial charge in [-0.15, -0.1) is 0 Å². The van der Waals surface area contributed by atoms with E-state index < -0.39 is 29.9 Å². The van der Waals surface area contributed by atoms with Crippen LogP contribution in [-0.2, 0) is 10.2 Å². The lowest BCUT2D eigenvalue weighted by Crippen LogP contribution is -2.50. The van der Waals surface area contributed by atoms with Gasteiger partial charge in [-0.25, -0.2) is 0 Å². The van der Waals surface area contributed by atoms with Crippen LogP contribution in [0.2, 0.25) is 0 Å². The lowest BCUT2D eigenvalue weighted by Gasteiger charge is -2.35. The molecule has 20 heavy (non-hydrogen) atoms. The van der Waals surface area contributed by atoms with Crippen LogP contribution in [0.1, 0.15) is 25.8 Å². The number of carbonyl (C=O) groups excluding carboxylic acids is 1. The topological polar surface area (TPSA) is 46.5 Å². The largest absolute Gasteiger partial charge is 0.496 e. The number of halogens is 3. The highest BCUT2D eigenvalue weighted by atomic mass is 19.4. The zero-order valence-electron chi connectivity index (χ0n) is 11.5. The highest BCUT2D eigenvalue weighted by molar-refractivity contribution is 5.64. The van der Waals surface area contributed by atoms with E-state index in [1.54, 1.807) is 24.3 Å². The Morgan fingerprint density at radius 1 is 1.25 bits per heavy atom. The second-order valence-electron chi connectivity index (χ2n) is 5.30. The van der Waals surface area contributed by atoms with E-state index in [1.165, 1.54) is 21.0 Å². The molecule has 0 spiro atoms. The number of hydrogen-bond donors (Lipinski definition) is 1. The summed E-state index contributed by atoms with van der Waals surface area (Å²) in [5.41, 5.74) is -3.98. The van der Waals surface area contributed by atoms with Crippen LogP contribution in [-0.4, -0.2) is 30.3 Å². The summed E-state index contributed by atoms with van der Waals surface area (Å²) in [5, 5.41) is 9.58. The Labute approximate surface area is 115 Å². The Hall–Kier alpha value is -1.56. The highest BCUT2D eigenvalue weighted by Gasteiger charge is 2.56. The van der Waals surface area contributed by atoms with Crippen LogP contribution < -0.4 is 4.74 Å². The SMILES string of the molecule is COc1ccccc1C(C)(C)C[C@@](O)(C=O)C(F)(F)F. The van der Waals surface area contributed by atoms with E-state index in [2.05, 4.69) is 0 Å². The van der Waals surface area contributed by atoms with E-state index in [9.17, 15) is 23.1 Å². The van der Waals surface area contributed by atoms with Crippen LogP contribution in [0.4, 0.5) is 13.2 Å². The zero-order valence-corrected chi connectivity index (χ0v) is 11.5. The van der Waals surface area contributed by atoms with E-state index in [0.29, 0.717) is 11.3 Å². The lowest BCUT2D eigenvalue weighted by molar-refractivity contribution is -0.250. The van der Waals surface area contributed by atoms with Gasteiger partial charge in [0.15, 0.2) is 6.29 Å². The number of hydrogen-bond acceptors (Lipinski definition) is 3. The summed E-state index contributed by atoms with van der Waals surface area (Å²) in [4.78, 5) is 10.7. The second-order valence-corrected chi connectivity index (χ2v) is 5.30. The molecule has 0 aliphatic carbocycles. The fourth-order valence-corrected chi connectivity index (χ4v) is 2.18. The average Bonchev–Trinajstić information content (AvgIpc) is 2.36. The van der Waals surface area contributed by atoms with Gasteiger partial charge in [-0.1, -0.05) is 32.0 Å². The van der Waals surface area contributed by atoms with E-state index in [4.69, 9.17) is 4.74 Å². The maximum absolute atomic E-state index is 12.8. The zero-order chi connectivity index (χ0) is 15.6. The maximum Gasteiger partial charge on any atom is 0.424 e. The van der Waals surface area contributed by atoms with Crippen LogP contribution in [0.5, 0.6) is 5.75 Å². The van der Waals surface area contributed by atoms with Gasteiger partial charge in [-0.3, -0.25) is 4.79 Å². The summed E-state index contributed by atoms with van der Waals surface area (Å²) in [6.45, 7) is 3.04. The molecule has 0 bridgehead atoms. The molecular weight excluding hydrogens is 273 g/mol. The Balaban J connectivity index is 3.20. The molecule has 0 radical (unpaired) electrons. The number of aldehydes is 1. The monoisotopic (exact) mass is 290 g/mol. The van der Waals surface area contributed by atoms with E-state index >= 15 is 0 Å². The minimum atomic E-state index is -5.02. The molecule has 1 N–H and O–H groups in total. The number of ether oxygens (including phenoxy) is 1. The molecule has 0 aliphatic rings. The molecule has 0 fully saturated rings. The predicted octanol–water partition coefficient (Wildman–Crippen LogP) is 2.86. The fraction of sp³-hybridized carbons (Fsp3) is 0.500. The molecule has 3 nitrogen and oxygen atoms in total. The molecule has 1 aromatic rings. The van der Waals surface area contributed by atoms with Crippen LogP contribution in [0.15, 0.2) is 24.3 Å². The minimum absolute atomic E-state index is 0.410. The molecule has 6 heteroatoms. The summed E-state index contributed by atoms with van der Waals surface area (Å²) in [6.07, 6.45) is -6.26. The number of carbonyl (C=O) groups is 1. The van der Waals surface area contributed by atoms with Crippen molar-refractivity contribution in [2.75, 3.05) is 7.11 Å². The van der Waals surface area contributed by atoms with E-state index in [-0.39, 0.29) is 0 Å². The van der Waals surface area contributed by atoms with Gasteiger partial charge >= 0.3 is 6.18 Å². The third-order valence-corrected chi connectivity index (χ3v) is 3.23. The van der Waals surface area contributed by atoms with Crippen LogP contribution in [0.25, 0.3) is 0 Å². The third-order valence-electron chi connectivity index (χ3n) is 3.23. The standard InChI is InChI=1S/C14H17F3O3/c1-12(2,8-13(19,9-18)14(15,16)17)10-6-4-5-7-11(10)20-3/h4-7,9,19H,8H2,1-3H3/t13-/m1/s1. The smallest absolute Gasteiger partial charge is 0.424 e. The Morgan fingerprint density at radius 2 is 1.80 bits per heavy atom. The van der Waals surface area contributed by atoms with Crippen molar-refractivity contribution in [3.63, 3.8) is 0 Å². The highest BCUT2D eigenvalue weighted by Crippen LogP contribution is 2.42. The molecular formula is C14H17F3O3. The van der Waals surface area contributed by atoms with Gasteiger partial charge in [0.05, 0.1) is 7.11 Å². The molecule has 0 aromatic heterocycles. The molecule has 0 unspecified atom stereocenters. The number of rotatable bonds is 5. The number of benzene rings is 1. The van der Waals surface area contributed by atoms with Crippen LogP contribution >= 0.6 is 0 Å². The van der Waals surface area contributed by atoms with Crippen molar-refractivity contribution < 1.29 is 27.8 Å². The molecule has 1 atom stereocenters. The quantitative estimate of drug-likeness (QED) is 0.848. The summed E-state index contributed by atoms with van der Waals surface area (Å²) in [6, 6.07) is 6.58. The van der Waals surface area contributed by atoms with E-state index in [0.717, 1.165) is 0 Å². The van der Waals surface area contributed by atoms with Gasteiger partial charge in [-0.2, -0.15) is 13.2 Å². The van der Waals surface area contributed by atoms with Crippen molar-refractivity contribution in [1.29, 1.82) is 0 Å². The number of para-hydroxylation sites is 1. The average molecular weight is 290 g/mol. The van der Waals surface area contributed by atoms with Gasteiger partial charge in [0.25, 0.3) is 0 Å². The van der Waals surface area contributed by atoms with Gasteiger partial charge < -0.3 is 9.84 Å². The molecule has 0 aliphatic heterocycles. The van der Waals surface area contributed by atoms with Crippen LogP contribution in [0.3, 0.4) is 0 Å².